The number of benzene rings is 10. The molecule has 0 unspecified atom stereocenters. The first-order valence-corrected chi connectivity index (χ1v) is 21.3. The predicted molar refractivity (Wildman–Crippen MR) is 260 cm³/mol. The number of fused-ring (bicyclic) bond motifs is 13. The highest BCUT2D eigenvalue weighted by molar-refractivity contribution is 6.25. The molecule has 0 atom stereocenters. The standard InChI is InChI=1S/C58H35N3O/c1-2-13-36(14-3-1)41-20-10-15-38-16-11-21-42(55(38)41)37-27-29-39(30-28-37)59(52-25-12-22-48-45-19-6-9-26-54(45)62-58(48)52)40-31-34-51-53(35-40)61-50-24-8-5-18-44(50)47-33-32-46-43-17-4-7-23-49(43)60(51)56(46)57(47)61/h1-35H. The Morgan fingerprint density at radius 1 is 0.355 bits per heavy atom. The van der Waals surface area contributed by atoms with Crippen LogP contribution in [-0.2, 0) is 0 Å². The fourth-order valence-electron chi connectivity index (χ4n) is 10.6. The van der Waals surface area contributed by atoms with Crippen molar-refractivity contribution in [1.29, 1.82) is 0 Å². The third-order valence-corrected chi connectivity index (χ3v) is 13.2. The fraction of sp³-hybridized carbons (Fsp3) is 0. The number of hydrogen-bond acceptors (Lipinski definition) is 2. The van der Waals surface area contributed by atoms with Crippen LogP contribution in [0.2, 0.25) is 0 Å². The minimum atomic E-state index is 0.856. The minimum Gasteiger partial charge on any atom is -0.454 e. The molecule has 0 amide bonds. The topological polar surface area (TPSA) is 25.2 Å². The van der Waals surface area contributed by atoms with E-state index in [1.165, 1.54) is 71.1 Å². The Kier molecular flexibility index (Phi) is 6.80. The lowest BCUT2D eigenvalue weighted by Gasteiger charge is -2.26. The van der Waals surface area contributed by atoms with Gasteiger partial charge in [-0.05, 0) is 87.6 Å². The van der Waals surface area contributed by atoms with Gasteiger partial charge in [-0.25, -0.2) is 0 Å². The van der Waals surface area contributed by atoms with Crippen LogP contribution in [0.3, 0.4) is 0 Å². The molecule has 0 aliphatic rings. The van der Waals surface area contributed by atoms with E-state index in [-0.39, 0.29) is 0 Å². The molecular formula is C58H35N3O. The van der Waals surface area contributed by atoms with Gasteiger partial charge in [0.2, 0.25) is 0 Å². The van der Waals surface area contributed by atoms with Gasteiger partial charge in [0.15, 0.2) is 5.58 Å². The molecule has 0 radical (unpaired) electrons. The number of rotatable bonds is 5. The van der Waals surface area contributed by atoms with Gasteiger partial charge in [-0.1, -0.05) is 158 Å². The molecule has 0 saturated carbocycles. The Bertz CT molecular complexity index is 4090. The number of nitrogens with zero attached hydrogens (tertiary/aromatic N) is 3. The second-order valence-electron chi connectivity index (χ2n) is 16.4. The molecule has 0 fully saturated rings. The third kappa shape index (κ3) is 4.55. The molecule has 14 rings (SSSR count). The van der Waals surface area contributed by atoms with Crippen LogP contribution in [0, 0.1) is 0 Å². The molecule has 288 valence electrons. The zero-order chi connectivity index (χ0) is 40.5. The van der Waals surface area contributed by atoms with E-state index in [0.29, 0.717) is 0 Å². The Hall–Kier alpha value is -8.34. The third-order valence-electron chi connectivity index (χ3n) is 13.2. The monoisotopic (exact) mass is 789 g/mol. The smallest absolute Gasteiger partial charge is 0.159 e. The largest absolute Gasteiger partial charge is 0.454 e. The molecule has 0 spiro atoms. The van der Waals surface area contributed by atoms with Crippen molar-refractivity contribution in [1.82, 2.24) is 8.80 Å². The van der Waals surface area contributed by atoms with Gasteiger partial charge in [-0.2, -0.15) is 0 Å². The molecule has 0 N–H and O–H groups in total. The Labute approximate surface area is 355 Å². The summed E-state index contributed by atoms with van der Waals surface area (Å²) in [7, 11) is 0. The van der Waals surface area contributed by atoms with Crippen LogP contribution in [-0.4, -0.2) is 8.80 Å². The molecule has 0 aliphatic carbocycles. The first-order valence-electron chi connectivity index (χ1n) is 21.3. The Morgan fingerprint density at radius 3 is 1.63 bits per heavy atom. The van der Waals surface area contributed by atoms with Crippen LogP contribution < -0.4 is 4.90 Å². The van der Waals surface area contributed by atoms with Gasteiger partial charge in [0, 0.05) is 43.7 Å². The van der Waals surface area contributed by atoms with Crippen molar-refractivity contribution in [2.24, 2.45) is 0 Å². The van der Waals surface area contributed by atoms with E-state index in [4.69, 9.17) is 4.42 Å². The summed E-state index contributed by atoms with van der Waals surface area (Å²) >= 11 is 0. The number of aromatic nitrogens is 2. The number of hydrogen-bond donors (Lipinski definition) is 0. The molecule has 10 aromatic carbocycles. The van der Waals surface area contributed by atoms with Crippen LogP contribution >= 0.6 is 0 Å². The number of para-hydroxylation sites is 4. The maximum atomic E-state index is 6.78. The van der Waals surface area contributed by atoms with Crippen molar-refractivity contribution < 1.29 is 4.42 Å². The molecule has 0 bridgehead atoms. The highest BCUT2D eigenvalue weighted by atomic mass is 16.3. The average molecular weight is 790 g/mol. The molecule has 14 aromatic rings. The maximum Gasteiger partial charge on any atom is 0.159 e. The van der Waals surface area contributed by atoms with Crippen molar-refractivity contribution in [3.05, 3.63) is 212 Å². The summed E-state index contributed by atoms with van der Waals surface area (Å²) in [5, 5.41) is 9.72. The van der Waals surface area contributed by atoms with E-state index in [9.17, 15) is 0 Å². The Balaban J connectivity index is 1.04. The molecule has 62 heavy (non-hydrogen) atoms. The van der Waals surface area contributed by atoms with Crippen LogP contribution in [0.15, 0.2) is 217 Å². The SMILES string of the molecule is c1ccc(-c2cccc3cccc(-c4ccc(N(c5ccc6c(c5)n5c7ccccc7c7ccc8c9ccccc9n6c8c75)c5cccc6c5oc5ccccc56)cc4)c23)cc1. The van der Waals surface area contributed by atoms with E-state index >= 15 is 0 Å². The molecule has 4 heterocycles. The normalized spacial score (nSPS) is 12.2. The van der Waals surface area contributed by atoms with Gasteiger partial charge in [0.05, 0.1) is 38.8 Å². The number of anilines is 3. The zero-order valence-electron chi connectivity index (χ0n) is 33.5. The van der Waals surface area contributed by atoms with E-state index in [0.717, 1.165) is 55.6 Å². The predicted octanol–water partition coefficient (Wildman–Crippen LogP) is 16.1. The van der Waals surface area contributed by atoms with Gasteiger partial charge in [-0.15, -0.1) is 0 Å². The summed E-state index contributed by atoms with van der Waals surface area (Å²) in [6, 6.07) is 77.2. The zero-order valence-corrected chi connectivity index (χ0v) is 33.5. The van der Waals surface area contributed by atoms with E-state index in [2.05, 4.69) is 220 Å². The van der Waals surface area contributed by atoms with Crippen molar-refractivity contribution in [2.45, 2.75) is 0 Å². The quantitative estimate of drug-likeness (QED) is 0.162. The van der Waals surface area contributed by atoms with Crippen molar-refractivity contribution in [2.75, 3.05) is 4.90 Å². The van der Waals surface area contributed by atoms with Gasteiger partial charge < -0.3 is 18.1 Å². The number of furan rings is 1. The summed E-state index contributed by atoms with van der Waals surface area (Å²) in [6.45, 7) is 0. The molecular weight excluding hydrogens is 755 g/mol. The van der Waals surface area contributed by atoms with Crippen LogP contribution in [0.1, 0.15) is 0 Å². The minimum absolute atomic E-state index is 0.856. The summed E-state index contributed by atoms with van der Waals surface area (Å²) in [5.74, 6) is 0. The summed E-state index contributed by atoms with van der Waals surface area (Å²) in [4.78, 5) is 2.38. The highest BCUT2D eigenvalue weighted by Crippen LogP contribution is 2.46. The van der Waals surface area contributed by atoms with E-state index in [1.54, 1.807) is 0 Å². The molecule has 4 aromatic heterocycles. The molecule has 0 saturated heterocycles. The lowest BCUT2D eigenvalue weighted by molar-refractivity contribution is 0.669. The Morgan fingerprint density at radius 2 is 0.919 bits per heavy atom. The maximum absolute atomic E-state index is 6.78. The lowest BCUT2D eigenvalue weighted by atomic mass is 9.91. The van der Waals surface area contributed by atoms with Gasteiger partial charge in [-0.3, -0.25) is 0 Å². The van der Waals surface area contributed by atoms with Gasteiger partial charge in [0.1, 0.15) is 5.58 Å². The van der Waals surface area contributed by atoms with Crippen LogP contribution in [0.25, 0.3) is 110 Å². The lowest BCUT2D eigenvalue weighted by Crippen LogP contribution is -2.11. The average Bonchev–Trinajstić information content (AvgIpc) is 4.00. The highest BCUT2D eigenvalue weighted by Gasteiger charge is 2.24. The van der Waals surface area contributed by atoms with Crippen LogP contribution in [0.4, 0.5) is 17.1 Å². The summed E-state index contributed by atoms with van der Waals surface area (Å²) in [6.07, 6.45) is 0. The summed E-state index contributed by atoms with van der Waals surface area (Å²) < 4.78 is 11.8. The van der Waals surface area contributed by atoms with Gasteiger partial charge in [0.25, 0.3) is 0 Å². The fourth-order valence-corrected chi connectivity index (χ4v) is 10.6. The van der Waals surface area contributed by atoms with E-state index in [1.807, 2.05) is 6.07 Å². The molecule has 4 heteroatoms. The molecule has 0 aliphatic heterocycles. The second kappa shape index (κ2) is 12.6. The van der Waals surface area contributed by atoms with E-state index < -0.39 is 0 Å². The van der Waals surface area contributed by atoms with Crippen molar-refractivity contribution in [3.63, 3.8) is 0 Å². The van der Waals surface area contributed by atoms with Crippen molar-refractivity contribution in [3.8, 4) is 22.3 Å². The molecule has 4 nitrogen and oxygen atoms in total. The first-order chi connectivity index (χ1) is 30.8. The van der Waals surface area contributed by atoms with Crippen molar-refractivity contribution >= 4 is 104 Å². The second-order valence-corrected chi connectivity index (χ2v) is 16.4. The first kappa shape index (κ1) is 33.5. The summed E-state index contributed by atoms with van der Waals surface area (Å²) in [5.41, 5.74) is 16.8. The van der Waals surface area contributed by atoms with Gasteiger partial charge >= 0.3 is 0 Å². The van der Waals surface area contributed by atoms with Crippen LogP contribution in [0.5, 0.6) is 0 Å².